The van der Waals surface area contributed by atoms with Gasteiger partial charge in [0.25, 0.3) is 0 Å². The van der Waals surface area contributed by atoms with Gasteiger partial charge in [0.05, 0.1) is 26.3 Å². The van der Waals surface area contributed by atoms with E-state index in [4.69, 9.17) is 4.74 Å². The van der Waals surface area contributed by atoms with Gasteiger partial charge in [-0.1, -0.05) is 6.58 Å². The molecular formula is C17H23NO6. The van der Waals surface area contributed by atoms with Crippen molar-refractivity contribution in [2.45, 2.75) is 45.6 Å². The van der Waals surface area contributed by atoms with Crippen LogP contribution >= 0.6 is 0 Å². The van der Waals surface area contributed by atoms with Crippen LogP contribution in [0.15, 0.2) is 28.4 Å². The summed E-state index contributed by atoms with van der Waals surface area (Å²) in [6.45, 7) is 8.99. The summed E-state index contributed by atoms with van der Waals surface area (Å²) in [6, 6.07) is 0. The van der Waals surface area contributed by atoms with E-state index >= 15 is 0 Å². The second-order valence-electron chi connectivity index (χ2n) is 6.20. The van der Waals surface area contributed by atoms with Crippen molar-refractivity contribution in [3.05, 3.63) is 23.4 Å². The quantitative estimate of drug-likeness (QED) is 0.544. The van der Waals surface area contributed by atoms with Crippen molar-refractivity contribution in [1.29, 1.82) is 0 Å². The lowest BCUT2D eigenvalue weighted by Gasteiger charge is -2.20. The zero-order valence-electron chi connectivity index (χ0n) is 14.7. The Hall–Kier alpha value is -2.44. The van der Waals surface area contributed by atoms with E-state index in [0.29, 0.717) is 16.8 Å². The molecule has 0 saturated carbocycles. The van der Waals surface area contributed by atoms with Crippen LogP contribution < -0.4 is 0 Å². The fourth-order valence-corrected chi connectivity index (χ4v) is 2.11. The predicted molar refractivity (Wildman–Crippen MR) is 87.3 cm³/mol. The highest BCUT2D eigenvalue weighted by molar-refractivity contribution is 6.44. The molecule has 1 heterocycles. The second kappa shape index (κ2) is 7.90. The van der Waals surface area contributed by atoms with E-state index in [9.17, 15) is 14.4 Å². The average molecular weight is 337 g/mol. The number of methoxy groups -OCH3 is 2. The van der Waals surface area contributed by atoms with Crippen molar-refractivity contribution in [2.75, 3.05) is 14.2 Å². The Balaban J connectivity index is 3.13. The SMILES string of the molecule is C=C1N=C(C(=O)OC(C)(C)C)C(CCC(=O)OC)=C1CC(=O)OC. The molecule has 0 aromatic heterocycles. The van der Waals surface area contributed by atoms with Gasteiger partial charge < -0.3 is 14.2 Å². The van der Waals surface area contributed by atoms with Crippen LogP contribution in [0.4, 0.5) is 0 Å². The van der Waals surface area contributed by atoms with E-state index in [2.05, 4.69) is 21.0 Å². The molecule has 7 nitrogen and oxygen atoms in total. The number of allylic oxidation sites excluding steroid dienone is 1. The number of aliphatic imine (C=N–C) groups is 1. The molecule has 0 bridgehead atoms. The van der Waals surface area contributed by atoms with Crippen molar-refractivity contribution >= 4 is 23.6 Å². The third-order valence-electron chi connectivity index (χ3n) is 3.19. The lowest BCUT2D eigenvalue weighted by Crippen LogP contribution is -2.29. The van der Waals surface area contributed by atoms with Crippen LogP contribution in [-0.2, 0) is 28.6 Å². The van der Waals surface area contributed by atoms with Gasteiger partial charge in [0.15, 0.2) is 5.71 Å². The Morgan fingerprint density at radius 3 is 2.12 bits per heavy atom. The van der Waals surface area contributed by atoms with Gasteiger partial charge in [-0.3, -0.25) is 9.59 Å². The van der Waals surface area contributed by atoms with E-state index in [1.807, 2.05) is 0 Å². The highest BCUT2D eigenvalue weighted by Gasteiger charge is 2.32. The molecule has 0 fully saturated rings. The Kier molecular flexibility index (Phi) is 6.45. The number of ether oxygens (including phenoxy) is 3. The number of carbonyl (C=O) groups is 3. The smallest absolute Gasteiger partial charge is 0.357 e. The third kappa shape index (κ3) is 5.33. The number of carbonyl (C=O) groups excluding carboxylic acids is 3. The predicted octanol–water partition coefficient (Wildman–Crippen LogP) is 2.11. The molecule has 0 atom stereocenters. The molecule has 0 saturated heterocycles. The Bertz CT molecular complexity index is 621. The summed E-state index contributed by atoms with van der Waals surface area (Å²) in [4.78, 5) is 39.5. The molecular weight excluding hydrogens is 314 g/mol. The van der Waals surface area contributed by atoms with E-state index in [0.717, 1.165) is 0 Å². The maximum atomic E-state index is 12.4. The Labute approximate surface area is 141 Å². The molecule has 0 unspecified atom stereocenters. The first kappa shape index (κ1) is 19.6. The minimum Gasteiger partial charge on any atom is -0.469 e. The minimum atomic E-state index is -0.695. The number of hydrogen-bond acceptors (Lipinski definition) is 7. The molecule has 1 rings (SSSR count). The molecule has 0 aliphatic carbocycles. The monoisotopic (exact) mass is 337 g/mol. The standard InChI is InChI=1S/C17H23NO6/c1-10-12(9-14(20)23-6)11(7-8-13(19)22-5)15(18-10)16(21)24-17(2,3)4/h1,7-9H2,2-6H3. The molecule has 0 N–H and O–H groups in total. The maximum Gasteiger partial charge on any atom is 0.357 e. The summed E-state index contributed by atoms with van der Waals surface area (Å²) in [5.74, 6) is -1.54. The molecule has 1 aliphatic rings. The molecule has 132 valence electrons. The number of hydrogen-bond donors (Lipinski definition) is 0. The zero-order chi connectivity index (χ0) is 18.5. The largest absolute Gasteiger partial charge is 0.469 e. The maximum absolute atomic E-state index is 12.4. The normalized spacial score (nSPS) is 14.4. The van der Waals surface area contributed by atoms with Crippen LogP contribution in [0.3, 0.4) is 0 Å². The molecule has 0 spiro atoms. The summed E-state index contributed by atoms with van der Waals surface area (Å²) in [5.41, 5.74) is 0.606. The van der Waals surface area contributed by atoms with Gasteiger partial charge in [0.1, 0.15) is 5.60 Å². The fraction of sp³-hybridized carbons (Fsp3) is 0.529. The van der Waals surface area contributed by atoms with Crippen LogP contribution in [0.2, 0.25) is 0 Å². The summed E-state index contributed by atoms with van der Waals surface area (Å²) in [7, 11) is 2.55. The molecule has 0 aromatic rings. The van der Waals surface area contributed by atoms with Gasteiger partial charge >= 0.3 is 17.9 Å². The molecule has 0 amide bonds. The zero-order valence-corrected chi connectivity index (χ0v) is 14.7. The van der Waals surface area contributed by atoms with E-state index in [1.54, 1.807) is 20.8 Å². The summed E-state index contributed by atoms with van der Waals surface area (Å²) in [5, 5.41) is 0. The van der Waals surface area contributed by atoms with Gasteiger partial charge in [-0.25, -0.2) is 9.79 Å². The van der Waals surface area contributed by atoms with E-state index < -0.39 is 23.5 Å². The first-order valence-corrected chi connectivity index (χ1v) is 7.46. The highest BCUT2D eigenvalue weighted by atomic mass is 16.6. The lowest BCUT2D eigenvalue weighted by atomic mass is 9.97. The van der Waals surface area contributed by atoms with E-state index in [1.165, 1.54) is 14.2 Å². The van der Waals surface area contributed by atoms with Crippen molar-refractivity contribution < 1.29 is 28.6 Å². The minimum absolute atomic E-state index is 0.0472. The second-order valence-corrected chi connectivity index (χ2v) is 6.20. The highest BCUT2D eigenvalue weighted by Crippen LogP contribution is 2.31. The van der Waals surface area contributed by atoms with Crippen molar-refractivity contribution in [3.63, 3.8) is 0 Å². The van der Waals surface area contributed by atoms with Gasteiger partial charge in [-0.05, 0) is 38.3 Å². The Morgan fingerprint density at radius 2 is 1.62 bits per heavy atom. The molecule has 0 radical (unpaired) electrons. The Morgan fingerprint density at radius 1 is 1.04 bits per heavy atom. The first-order valence-electron chi connectivity index (χ1n) is 7.46. The summed E-state index contributed by atoms with van der Waals surface area (Å²) >= 11 is 0. The molecule has 24 heavy (non-hydrogen) atoms. The molecule has 1 aliphatic heterocycles. The van der Waals surface area contributed by atoms with Crippen molar-refractivity contribution in [3.8, 4) is 0 Å². The molecule has 7 heteroatoms. The van der Waals surface area contributed by atoms with Crippen LogP contribution in [-0.4, -0.2) is 43.4 Å². The summed E-state index contributed by atoms with van der Waals surface area (Å²) < 4.78 is 14.6. The average Bonchev–Trinajstić information content (AvgIpc) is 2.79. The summed E-state index contributed by atoms with van der Waals surface area (Å²) in [6.07, 6.45) is 0.156. The number of rotatable bonds is 6. The first-order chi connectivity index (χ1) is 11.1. The fourth-order valence-electron chi connectivity index (χ4n) is 2.11. The van der Waals surface area contributed by atoms with E-state index in [-0.39, 0.29) is 25.0 Å². The number of nitrogens with zero attached hydrogens (tertiary/aromatic N) is 1. The van der Waals surface area contributed by atoms with Crippen LogP contribution in [0.25, 0.3) is 0 Å². The molecule has 0 aromatic carbocycles. The van der Waals surface area contributed by atoms with Crippen LogP contribution in [0, 0.1) is 0 Å². The van der Waals surface area contributed by atoms with Crippen LogP contribution in [0.5, 0.6) is 0 Å². The van der Waals surface area contributed by atoms with Crippen LogP contribution in [0.1, 0.15) is 40.0 Å². The van der Waals surface area contributed by atoms with Gasteiger partial charge in [-0.15, -0.1) is 0 Å². The topological polar surface area (TPSA) is 91.3 Å². The third-order valence-corrected chi connectivity index (χ3v) is 3.19. The number of esters is 3. The van der Waals surface area contributed by atoms with Gasteiger partial charge in [-0.2, -0.15) is 0 Å². The van der Waals surface area contributed by atoms with Gasteiger partial charge in [0.2, 0.25) is 0 Å². The van der Waals surface area contributed by atoms with Crippen molar-refractivity contribution in [1.82, 2.24) is 0 Å². The van der Waals surface area contributed by atoms with Crippen molar-refractivity contribution in [2.24, 2.45) is 4.99 Å². The van der Waals surface area contributed by atoms with Gasteiger partial charge in [0, 0.05) is 6.42 Å². The lowest BCUT2D eigenvalue weighted by molar-refractivity contribution is -0.146.